The first-order valence-corrected chi connectivity index (χ1v) is 12.7. The van der Waals surface area contributed by atoms with Crippen LogP contribution in [-0.2, 0) is 14.4 Å². The smallest absolute Gasteiger partial charge is 0.219 e. The summed E-state index contributed by atoms with van der Waals surface area (Å²) in [5.74, 6) is -3.88. The Kier molecular flexibility index (Phi) is 7.68. The minimum atomic E-state index is -1.57. The van der Waals surface area contributed by atoms with Crippen molar-refractivity contribution in [2.24, 2.45) is 11.1 Å². The lowest BCUT2D eigenvalue weighted by Gasteiger charge is -2.38. The van der Waals surface area contributed by atoms with E-state index >= 15 is 0 Å². The highest BCUT2D eigenvalue weighted by Gasteiger charge is 2.41. The highest BCUT2D eigenvalue weighted by Crippen LogP contribution is 2.34. The molecule has 3 aliphatic rings. The topological polar surface area (TPSA) is 122 Å². The number of aromatic nitrogens is 3. The van der Waals surface area contributed by atoms with Crippen LogP contribution in [0.15, 0.2) is 23.5 Å². The van der Waals surface area contributed by atoms with Gasteiger partial charge in [-0.3, -0.25) is 4.79 Å². The molecule has 0 unspecified atom stereocenters. The number of ether oxygens (including phenoxy) is 1. The number of benzene rings is 1. The monoisotopic (exact) mass is 537 g/mol. The molecule has 2 N–H and O–H groups in total. The molecule has 3 aliphatic heterocycles. The Balaban J connectivity index is 1.24. The highest BCUT2D eigenvalue weighted by atomic mass is 19.2. The van der Waals surface area contributed by atoms with Gasteiger partial charge in [0.2, 0.25) is 5.91 Å². The fraction of sp³-hybridized carbons (Fsp3) is 0.600. The summed E-state index contributed by atoms with van der Waals surface area (Å²) in [4.78, 5) is 19.1. The second-order valence-electron chi connectivity index (χ2n) is 10.2. The molecule has 0 radical (unpaired) electrons. The van der Waals surface area contributed by atoms with Crippen molar-refractivity contribution in [3.05, 3.63) is 35.8 Å². The molecule has 2 fully saturated rings. The summed E-state index contributed by atoms with van der Waals surface area (Å²) in [6.07, 6.45) is 2.02. The molecular weight excluding hydrogens is 507 g/mol. The Morgan fingerprint density at radius 3 is 2.55 bits per heavy atom. The van der Waals surface area contributed by atoms with Gasteiger partial charge in [0.1, 0.15) is 24.0 Å². The first kappa shape index (κ1) is 26.6. The van der Waals surface area contributed by atoms with Crippen LogP contribution < -0.4 is 0 Å². The number of carbonyl (C=O) groups excluding carboxylic acids is 1. The van der Waals surface area contributed by atoms with Gasteiger partial charge in [0.25, 0.3) is 0 Å². The third kappa shape index (κ3) is 5.40. The molecule has 0 bridgehead atoms. The van der Waals surface area contributed by atoms with Gasteiger partial charge in [0, 0.05) is 44.3 Å². The lowest BCUT2D eigenvalue weighted by molar-refractivity contribution is -0.154. The molecule has 10 nitrogen and oxygen atoms in total. The Hall–Kier alpha value is -3.03. The van der Waals surface area contributed by atoms with Crippen LogP contribution in [0.5, 0.6) is 0 Å². The van der Waals surface area contributed by atoms with E-state index in [-0.39, 0.29) is 23.3 Å². The normalized spacial score (nSPS) is 28.3. The number of hydrogen-bond acceptors (Lipinski definition) is 8. The molecule has 2 aromatic rings. The van der Waals surface area contributed by atoms with Crippen molar-refractivity contribution < 1.29 is 37.8 Å². The summed E-state index contributed by atoms with van der Waals surface area (Å²) < 4.78 is 48.0. The number of hydrogen-bond donors (Lipinski definition) is 2. The molecule has 5 rings (SSSR count). The molecular formula is C25H30F3N5O5. The van der Waals surface area contributed by atoms with Crippen molar-refractivity contribution in [3.63, 3.8) is 0 Å². The molecule has 0 aliphatic carbocycles. The maximum Gasteiger partial charge on any atom is 0.219 e. The van der Waals surface area contributed by atoms with E-state index in [0.29, 0.717) is 38.3 Å². The molecule has 2 saturated heterocycles. The second kappa shape index (κ2) is 11.0. The summed E-state index contributed by atoms with van der Waals surface area (Å²) in [6.45, 7) is 2.56. The molecule has 1 amide bonds. The molecule has 0 spiro atoms. The number of piperidine rings is 1. The zero-order valence-electron chi connectivity index (χ0n) is 20.8. The number of aliphatic hydroxyl groups is 2. The standard InChI is InChI=1S/C25H30F3N5O5/c1-13(35)32-4-2-14(3-5-32)22-9-16(30-38-22)8-17-10-21(25(36)23(12-34)37-17)33-11-20(29-31-33)15-6-18(26)24(28)19(27)7-15/h6-7,11,14,17,21-23,25,34,36H,2-5,8-10,12H2,1H3/t17-,21-,22-,23+,25+/m0/s1. The van der Waals surface area contributed by atoms with E-state index < -0.39 is 48.4 Å². The number of halogens is 3. The molecule has 1 aromatic heterocycles. The fourth-order valence-corrected chi connectivity index (χ4v) is 5.53. The van der Waals surface area contributed by atoms with Gasteiger partial charge >= 0.3 is 0 Å². The van der Waals surface area contributed by atoms with Gasteiger partial charge < -0.3 is 24.7 Å². The van der Waals surface area contributed by atoms with Crippen LogP contribution in [0.1, 0.15) is 45.1 Å². The Morgan fingerprint density at radius 1 is 1.18 bits per heavy atom. The minimum Gasteiger partial charge on any atom is -0.394 e. The van der Waals surface area contributed by atoms with Gasteiger partial charge in [-0.05, 0) is 31.4 Å². The van der Waals surface area contributed by atoms with Crippen LogP contribution in [0.25, 0.3) is 11.3 Å². The van der Waals surface area contributed by atoms with Crippen molar-refractivity contribution >= 4 is 11.6 Å². The molecule has 206 valence electrons. The van der Waals surface area contributed by atoms with E-state index in [1.807, 2.05) is 4.90 Å². The summed E-state index contributed by atoms with van der Waals surface area (Å²) in [7, 11) is 0. The fourth-order valence-electron chi connectivity index (χ4n) is 5.53. The molecule has 38 heavy (non-hydrogen) atoms. The van der Waals surface area contributed by atoms with Crippen molar-refractivity contribution in [1.29, 1.82) is 0 Å². The van der Waals surface area contributed by atoms with Crippen molar-refractivity contribution in [2.75, 3.05) is 19.7 Å². The average Bonchev–Trinajstić information content (AvgIpc) is 3.58. The van der Waals surface area contributed by atoms with Gasteiger partial charge in [-0.15, -0.1) is 5.10 Å². The summed E-state index contributed by atoms with van der Waals surface area (Å²) in [5.41, 5.74) is 0.922. The minimum absolute atomic E-state index is 0.00194. The second-order valence-corrected chi connectivity index (χ2v) is 10.2. The molecule has 1 aromatic carbocycles. The lowest BCUT2D eigenvalue weighted by atomic mass is 9.87. The summed E-state index contributed by atoms with van der Waals surface area (Å²) in [5, 5.41) is 32.9. The van der Waals surface area contributed by atoms with Gasteiger partial charge in [-0.25, -0.2) is 17.9 Å². The van der Waals surface area contributed by atoms with E-state index in [1.165, 1.54) is 10.9 Å². The van der Waals surface area contributed by atoms with Crippen molar-refractivity contribution in [3.8, 4) is 11.3 Å². The first-order valence-electron chi connectivity index (χ1n) is 12.7. The average molecular weight is 538 g/mol. The quantitative estimate of drug-likeness (QED) is 0.542. The number of likely N-dealkylation sites (tertiary alicyclic amines) is 1. The van der Waals surface area contributed by atoms with Gasteiger partial charge in [-0.1, -0.05) is 10.4 Å². The van der Waals surface area contributed by atoms with Gasteiger partial charge in [0.05, 0.1) is 30.7 Å². The van der Waals surface area contributed by atoms with E-state index in [0.717, 1.165) is 30.7 Å². The van der Waals surface area contributed by atoms with Crippen molar-refractivity contribution in [2.45, 2.75) is 69.5 Å². The number of aliphatic hydroxyl groups excluding tert-OH is 2. The Morgan fingerprint density at radius 2 is 1.89 bits per heavy atom. The van der Waals surface area contributed by atoms with Crippen molar-refractivity contribution in [1.82, 2.24) is 19.9 Å². The van der Waals surface area contributed by atoms with Crippen LogP contribution in [0.2, 0.25) is 0 Å². The SMILES string of the molecule is CC(=O)N1CCC([C@@H]2CC(C[C@H]3C[C@H](n4cc(-c5cc(F)c(F)c(F)c5)nn4)[C@@H](O)[C@@H](CO)O3)=NO2)CC1. The number of amides is 1. The lowest BCUT2D eigenvalue weighted by Crippen LogP contribution is -2.48. The van der Waals surface area contributed by atoms with Gasteiger partial charge in [-0.2, -0.15) is 0 Å². The molecule has 0 saturated carbocycles. The third-order valence-electron chi connectivity index (χ3n) is 7.68. The van der Waals surface area contributed by atoms with E-state index in [9.17, 15) is 28.2 Å². The predicted octanol–water partition coefficient (Wildman–Crippen LogP) is 2.21. The zero-order chi connectivity index (χ0) is 27.0. The first-order chi connectivity index (χ1) is 18.2. The maximum atomic E-state index is 13.7. The molecule has 4 heterocycles. The largest absolute Gasteiger partial charge is 0.394 e. The van der Waals surface area contributed by atoms with E-state index in [1.54, 1.807) is 6.92 Å². The number of nitrogens with zero attached hydrogens (tertiary/aromatic N) is 5. The zero-order valence-corrected chi connectivity index (χ0v) is 20.8. The third-order valence-corrected chi connectivity index (χ3v) is 7.68. The van der Waals surface area contributed by atoms with Crippen LogP contribution in [0.4, 0.5) is 13.2 Å². The van der Waals surface area contributed by atoms with Crippen LogP contribution in [0.3, 0.4) is 0 Å². The highest BCUT2D eigenvalue weighted by molar-refractivity contribution is 5.86. The molecule has 5 atom stereocenters. The van der Waals surface area contributed by atoms with Gasteiger partial charge in [0.15, 0.2) is 17.5 Å². The maximum absolute atomic E-state index is 13.7. The summed E-state index contributed by atoms with van der Waals surface area (Å²) in [6, 6.07) is 1.01. The Bertz CT molecular complexity index is 1180. The Labute approximate surface area is 217 Å². The van der Waals surface area contributed by atoms with Crippen LogP contribution in [-0.4, -0.2) is 85.8 Å². The number of rotatable bonds is 6. The molecule has 13 heteroatoms. The number of oxime groups is 1. The number of carbonyl (C=O) groups is 1. The predicted molar refractivity (Wildman–Crippen MR) is 127 cm³/mol. The van der Waals surface area contributed by atoms with Crippen LogP contribution >= 0.6 is 0 Å². The van der Waals surface area contributed by atoms with E-state index in [2.05, 4.69) is 15.5 Å². The summed E-state index contributed by atoms with van der Waals surface area (Å²) >= 11 is 0. The van der Waals surface area contributed by atoms with Crippen LogP contribution in [0, 0.1) is 23.4 Å². The van der Waals surface area contributed by atoms with E-state index in [4.69, 9.17) is 9.57 Å².